The first-order valence-corrected chi connectivity index (χ1v) is 3.98. The van der Waals surface area contributed by atoms with Crippen molar-refractivity contribution >= 4 is 0 Å². The molecule has 2 saturated heterocycles. The molecule has 2 aliphatic heterocycles. The topological polar surface area (TPSA) is 0 Å². The number of piperidine rings is 2. The summed E-state index contributed by atoms with van der Waals surface area (Å²) in [4.78, 5) is 0. The van der Waals surface area contributed by atoms with Gasteiger partial charge in [0.15, 0.2) is 0 Å². The third-order valence-corrected chi connectivity index (χ3v) is 2.84. The highest BCUT2D eigenvalue weighted by molar-refractivity contribution is 4.82. The van der Waals surface area contributed by atoms with E-state index < -0.39 is 0 Å². The zero-order valence-electron chi connectivity index (χ0n) is 6.81. The minimum Gasteiger partial charge on any atom is -1.00 e. The molecule has 0 aromatic heterocycles. The van der Waals surface area contributed by atoms with Crippen LogP contribution in [0.5, 0.6) is 0 Å². The largest absolute Gasteiger partial charge is 1.00 e. The highest BCUT2D eigenvalue weighted by Gasteiger charge is 2.42. The number of quaternary nitrogens is 1. The molecule has 3 aliphatic rings. The van der Waals surface area contributed by atoms with Crippen LogP contribution in [0, 0.1) is 11.8 Å². The molecule has 2 heterocycles. The van der Waals surface area contributed by atoms with E-state index in [9.17, 15) is 0 Å². The summed E-state index contributed by atoms with van der Waals surface area (Å²) < 4.78 is 1.29. The minimum atomic E-state index is 0. The molecule has 1 saturated carbocycles. The highest BCUT2D eigenvalue weighted by atomic mass is 35.5. The lowest BCUT2D eigenvalue weighted by Gasteiger charge is -2.49. The smallest absolute Gasteiger partial charge is 0.0811 e. The maximum absolute atomic E-state index is 2.36. The van der Waals surface area contributed by atoms with Crippen LogP contribution in [-0.2, 0) is 0 Å². The van der Waals surface area contributed by atoms with Crippen LogP contribution in [0.15, 0.2) is 0 Å². The van der Waals surface area contributed by atoms with E-state index in [0.717, 1.165) is 11.8 Å². The maximum Gasteiger partial charge on any atom is 0.0811 e. The van der Waals surface area contributed by atoms with Crippen LogP contribution in [0.2, 0.25) is 0 Å². The van der Waals surface area contributed by atoms with Gasteiger partial charge in [-0.15, -0.1) is 0 Å². The molecule has 10 heavy (non-hydrogen) atoms. The van der Waals surface area contributed by atoms with Crippen molar-refractivity contribution in [3.8, 4) is 0 Å². The lowest BCUT2D eigenvalue weighted by molar-refractivity contribution is -0.909. The fourth-order valence-corrected chi connectivity index (χ4v) is 2.64. The predicted octanol–water partition coefficient (Wildman–Crippen LogP) is -1.89. The molecule has 0 aromatic carbocycles. The normalized spacial score (nSPS) is 41.4. The number of nitrogens with zero attached hydrogens (tertiary/aromatic N) is 1. The first-order chi connectivity index (χ1) is 4.16. The second kappa shape index (κ2) is 2.38. The molecule has 0 atom stereocenters. The molecule has 0 N–H and O–H groups in total. The van der Waals surface area contributed by atoms with Crippen LogP contribution >= 0.6 is 0 Å². The first kappa shape index (κ1) is 8.35. The Balaban J connectivity index is 0.000000500. The Morgan fingerprint density at radius 1 is 1.00 bits per heavy atom. The number of fused-ring (bicyclic) bond motifs is 2. The zero-order chi connectivity index (χ0) is 6.48. The Kier molecular flexibility index (Phi) is 1.99. The second-order valence-electron chi connectivity index (χ2n) is 4.50. The average Bonchev–Trinajstić information content (AvgIpc) is 1.58. The third kappa shape index (κ3) is 1.30. The Morgan fingerprint density at radius 3 is 1.60 bits per heavy atom. The van der Waals surface area contributed by atoms with Crippen molar-refractivity contribution in [1.82, 2.24) is 0 Å². The summed E-state index contributed by atoms with van der Waals surface area (Å²) >= 11 is 0. The van der Waals surface area contributed by atoms with E-state index in [1.54, 1.807) is 12.8 Å². The molecule has 0 radical (unpaired) electrons. The van der Waals surface area contributed by atoms with Gasteiger partial charge in [0.2, 0.25) is 0 Å². The van der Waals surface area contributed by atoms with Crippen LogP contribution in [0.4, 0.5) is 0 Å². The van der Waals surface area contributed by atoms with E-state index >= 15 is 0 Å². The molecule has 2 heteroatoms. The summed E-state index contributed by atoms with van der Waals surface area (Å²) in [5.41, 5.74) is 0. The van der Waals surface area contributed by atoms with Crippen molar-refractivity contribution in [2.24, 2.45) is 11.8 Å². The Hall–Kier alpha value is 0.250. The molecular weight excluding hydrogens is 146 g/mol. The number of hydrogen-bond acceptors (Lipinski definition) is 0. The van der Waals surface area contributed by atoms with Crippen molar-refractivity contribution in [1.29, 1.82) is 0 Å². The summed E-state index contributed by atoms with van der Waals surface area (Å²) in [6, 6.07) is 0. The summed E-state index contributed by atoms with van der Waals surface area (Å²) in [6.07, 6.45) is 3.09. The van der Waals surface area contributed by atoms with Crippen molar-refractivity contribution in [2.45, 2.75) is 12.8 Å². The first-order valence-electron chi connectivity index (χ1n) is 3.98. The SMILES string of the molecule is C[N+]1(C)CC2CC(C2)C1.[Cl-]. The molecule has 3 fully saturated rings. The van der Waals surface area contributed by atoms with Gasteiger partial charge in [0.25, 0.3) is 0 Å². The minimum absolute atomic E-state index is 0. The van der Waals surface area contributed by atoms with E-state index in [0.29, 0.717) is 0 Å². The van der Waals surface area contributed by atoms with Gasteiger partial charge in [-0.3, -0.25) is 0 Å². The van der Waals surface area contributed by atoms with Gasteiger partial charge in [0, 0.05) is 11.8 Å². The second-order valence-corrected chi connectivity index (χ2v) is 4.50. The van der Waals surface area contributed by atoms with Gasteiger partial charge in [0.1, 0.15) is 0 Å². The summed E-state index contributed by atoms with van der Waals surface area (Å²) in [5, 5.41) is 0. The molecule has 60 valence electrons. The van der Waals surface area contributed by atoms with Crippen molar-refractivity contribution in [3.05, 3.63) is 0 Å². The maximum atomic E-state index is 2.36. The lowest BCUT2D eigenvalue weighted by atomic mass is 9.70. The van der Waals surface area contributed by atoms with Crippen LogP contribution < -0.4 is 12.4 Å². The molecular formula is C8H16ClN. The van der Waals surface area contributed by atoms with E-state index in [1.807, 2.05) is 0 Å². The van der Waals surface area contributed by atoms with Crippen molar-refractivity contribution < 1.29 is 16.9 Å². The van der Waals surface area contributed by atoms with Crippen LogP contribution in [0.1, 0.15) is 12.8 Å². The number of halogens is 1. The molecule has 2 bridgehead atoms. The highest BCUT2D eigenvalue weighted by Crippen LogP contribution is 2.41. The van der Waals surface area contributed by atoms with E-state index in [-0.39, 0.29) is 12.4 Å². The zero-order valence-corrected chi connectivity index (χ0v) is 7.56. The van der Waals surface area contributed by atoms with E-state index in [2.05, 4.69) is 14.1 Å². The number of rotatable bonds is 0. The number of hydrogen-bond donors (Lipinski definition) is 0. The van der Waals surface area contributed by atoms with Gasteiger partial charge in [-0.1, -0.05) is 0 Å². The monoisotopic (exact) mass is 161 g/mol. The van der Waals surface area contributed by atoms with E-state index in [4.69, 9.17) is 0 Å². The van der Waals surface area contributed by atoms with Gasteiger partial charge < -0.3 is 16.9 Å². The van der Waals surface area contributed by atoms with Crippen LogP contribution in [0.25, 0.3) is 0 Å². The van der Waals surface area contributed by atoms with Crippen molar-refractivity contribution in [2.75, 3.05) is 27.2 Å². The Morgan fingerprint density at radius 2 is 1.40 bits per heavy atom. The van der Waals surface area contributed by atoms with Gasteiger partial charge in [-0.2, -0.15) is 0 Å². The fourth-order valence-electron chi connectivity index (χ4n) is 2.64. The molecule has 3 rings (SSSR count). The molecule has 0 unspecified atom stereocenters. The molecule has 0 aromatic rings. The average molecular weight is 162 g/mol. The quantitative estimate of drug-likeness (QED) is 0.365. The Bertz CT molecular complexity index is 115. The van der Waals surface area contributed by atoms with Gasteiger partial charge >= 0.3 is 0 Å². The molecule has 1 nitrogen and oxygen atoms in total. The van der Waals surface area contributed by atoms with Crippen LogP contribution in [-0.4, -0.2) is 31.7 Å². The van der Waals surface area contributed by atoms with Gasteiger partial charge in [-0.25, -0.2) is 0 Å². The van der Waals surface area contributed by atoms with Crippen molar-refractivity contribution in [3.63, 3.8) is 0 Å². The molecule has 0 amide bonds. The Labute approximate surface area is 69.4 Å². The standard InChI is InChI=1S/C8H16N.ClH/c1-9(2)5-7-3-8(4-7)6-9;/h7-8H,3-6H2,1-2H3;1H/q+1;/p-1. The molecule has 1 aliphatic carbocycles. The predicted molar refractivity (Wildman–Crippen MR) is 38.1 cm³/mol. The van der Waals surface area contributed by atoms with Gasteiger partial charge in [0.05, 0.1) is 27.2 Å². The summed E-state index contributed by atoms with van der Waals surface area (Å²) in [7, 11) is 4.72. The molecule has 0 spiro atoms. The summed E-state index contributed by atoms with van der Waals surface area (Å²) in [5.74, 6) is 2.19. The van der Waals surface area contributed by atoms with E-state index in [1.165, 1.54) is 17.6 Å². The fraction of sp³-hybridized carbons (Fsp3) is 1.00. The summed E-state index contributed by atoms with van der Waals surface area (Å²) in [6.45, 7) is 2.88. The van der Waals surface area contributed by atoms with Gasteiger partial charge in [-0.05, 0) is 12.8 Å². The van der Waals surface area contributed by atoms with Crippen LogP contribution in [0.3, 0.4) is 0 Å². The lowest BCUT2D eigenvalue weighted by Crippen LogP contribution is -3.00. The third-order valence-electron chi connectivity index (χ3n) is 2.84.